The lowest BCUT2D eigenvalue weighted by atomic mass is 9.95. The third-order valence-electron chi connectivity index (χ3n) is 3.83. The fourth-order valence-corrected chi connectivity index (χ4v) is 2.82. The predicted molar refractivity (Wildman–Crippen MR) is 74.5 cm³/mol. The Bertz CT molecular complexity index is 236. The van der Waals surface area contributed by atoms with E-state index in [1.807, 2.05) is 0 Å². The van der Waals surface area contributed by atoms with Crippen molar-refractivity contribution in [3.8, 4) is 0 Å². The first-order valence-electron chi connectivity index (χ1n) is 7.23. The molecule has 18 heavy (non-hydrogen) atoms. The van der Waals surface area contributed by atoms with Crippen LogP contribution in [-0.4, -0.2) is 54.0 Å². The SMILES string of the molecule is CCC1COC(C)CN1C(CO)C(N)CC(C)C. The average molecular weight is 258 g/mol. The summed E-state index contributed by atoms with van der Waals surface area (Å²) in [4.78, 5) is 2.36. The maximum absolute atomic E-state index is 9.70. The van der Waals surface area contributed by atoms with Gasteiger partial charge in [0.1, 0.15) is 0 Å². The lowest BCUT2D eigenvalue weighted by Crippen LogP contribution is -2.59. The van der Waals surface area contributed by atoms with Crippen LogP contribution in [0.4, 0.5) is 0 Å². The van der Waals surface area contributed by atoms with Gasteiger partial charge in [-0.15, -0.1) is 0 Å². The van der Waals surface area contributed by atoms with Gasteiger partial charge in [0.15, 0.2) is 0 Å². The molecule has 4 atom stereocenters. The van der Waals surface area contributed by atoms with Gasteiger partial charge in [-0.2, -0.15) is 0 Å². The molecular weight excluding hydrogens is 228 g/mol. The van der Waals surface area contributed by atoms with Crippen LogP contribution in [0.25, 0.3) is 0 Å². The lowest BCUT2D eigenvalue weighted by Gasteiger charge is -2.44. The molecule has 0 bridgehead atoms. The molecule has 0 radical (unpaired) electrons. The zero-order valence-corrected chi connectivity index (χ0v) is 12.3. The van der Waals surface area contributed by atoms with Crippen molar-refractivity contribution in [2.75, 3.05) is 19.8 Å². The van der Waals surface area contributed by atoms with Crippen molar-refractivity contribution >= 4 is 0 Å². The molecule has 1 heterocycles. The van der Waals surface area contributed by atoms with Gasteiger partial charge in [0, 0.05) is 24.7 Å². The minimum atomic E-state index is 0.0364. The molecule has 0 aliphatic carbocycles. The van der Waals surface area contributed by atoms with Crippen molar-refractivity contribution in [1.82, 2.24) is 4.90 Å². The van der Waals surface area contributed by atoms with Crippen LogP contribution >= 0.6 is 0 Å². The van der Waals surface area contributed by atoms with E-state index in [0.717, 1.165) is 26.0 Å². The average Bonchev–Trinajstić information content (AvgIpc) is 2.29. The molecule has 0 spiro atoms. The van der Waals surface area contributed by atoms with E-state index in [-0.39, 0.29) is 24.8 Å². The van der Waals surface area contributed by atoms with Crippen LogP contribution in [0.5, 0.6) is 0 Å². The van der Waals surface area contributed by atoms with Crippen LogP contribution < -0.4 is 5.73 Å². The molecule has 4 nitrogen and oxygen atoms in total. The summed E-state index contributed by atoms with van der Waals surface area (Å²) >= 11 is 0. The normalized spacial score (nSPS) is 29.5. The Kier molecular flexibility index (Phi) is 6.57. The Morgan fingerprint density at radius 3 is 2.61 bits per heavy atom. The first kappa shape index (κ1) is 15.9. The van der Waals surface area contributed by atoms with Gasteiger partial charge in [-0.05, 0) is 25.7 Å². The monoisotopic (exact) mass is 258 g/mol. The molecule has 1 rings (SSSR count). The maximum Gasteiger partial charge on any atom is 0.0674 e. The van der Waals surface area contributed by atoms with Crippen LogP contribution in [-0.2, 0) is 4.74 Å². The van der Waals surface area contributed by atoms with Crippen molar-refractivity contribution < 1.29 is 9.84 Å². The number of morpholine rings is 1. The molecule has 1 fully saturated rings. The highest BCUT2D eigenvalue weighted by Gasteiger charge is 2.33. The first-order chi connectivity index (χ1) is 8.49. The zero-order chi connectivity index (χ0) is 13.7. The van der Waals surface area contributed by atoms with Gasteiger partial charge in [0.2, 0.25) is 0 Å². The molecule has 1 aliphatic heterocycles. The van der Waals surface area contributed by atoms with E-state index >= 15 is 0 Å². The molecule has 0 aromatic heterocycles. The third kappa shape index (κ3) is 4.19. The Hall–Kier alpha value is -0.160. The first-order valence-corrected chi connectivity index (χ1v) is 7.23. The Morgan fingerprint density at radius 2 is 2.11 bits per heavy atom. The highest BCUT2D eigenvalue weighted by molar-refractivity contribution is 4.89. The standard InChI is InChI=1S/C14H30N2O2/c1-5-12-9-18-11(4)7-16(12)14(8-17)13(15)6-10(2)3/h10-14,17H,5-9,15H2,1-4H3. The molecule has 108 valence electrons. The predicted octanol–water partition coefficient (Wildman–Crippen LogP) is 1.22. The van der Waals surface area contributed by atoms with Gasteiger partial charge in [-0.25, -0.2) is 0 Å². The van der Waals surface area contributed by atoms with Crippen molar-refractivity contribution in [2.24, 2.45) is 11.7 Å². The molecule has 1 saturated heterocycles. The number of ether oxygens (including phenoxy) is 1. The van der Waals surface area contributed by atoms with Crippen LogP contribution in [0.1, 0.15) is 40.5 Å². The van der Waals surface area contributed by atoms with Gasteiger partial charge in [0.05, 0.1) is 19.3 Å². The fourth-order valence-electron chi connectivity index (χ4n) is 2.82. The minimum absolute atomic E-state index is 0.0364. The van der Waals surface area contributed by atoms with E-state index in [1.165, 1.54) is 0 Å². The quantitative estimate of drug-likeness (QED) is 0.752. The Balaban J connectivity index is 2.70. The largest absolute Gasteiger partial charge is 0.395 e. The van der Waals surface area contributed by atoms with Gasteiger partial charge in [-0.1, -0.05) is 20.8 Å². The van der Waals surface area contributed by atoms with Crippen LogP contribution in [0.3, 0.4) is 0 Å². The molecule has 0 aromatic rings. The molecule has 3 N–H and O–H groups in total. The van der Waals surface area contributed by atoms with Gasteiger partial charge >= 0.3 is 0 Å². The second-order valence-corrected chi connectivity index (χ2v) is 5.95. The molecule has 0 aromatic carbocycles. The third-order valence-corrected chi connectivity index (χ3v) is 3.83. The highest BCUT2D eigenvalue weighted by Crippen LogP contribution is 2.21. The summed E-state index contributed by atoms with van der Waals surface area (Å²) in [6.07, 6.45) is 2.22. The molecule has 0 amide bonds. The van der Waals surface area contributed by atoms with Crippen molar-refractivity contribution in [3.63, 3.8) is 0 Å². The summed E-state index contributed by atoms with van der Waals surface area (Å²) in [7, 11) is 0. The van der Waals surface area contributed by atoms with Crippen LogP contribution in [0.2, 0.25) is 0 Å². The van der Waals surface area contributed by atoms with E-state index in [1.54, 1.807) is 0 Å². The minimum Gasteiger partial charge on any atom is -0.395 e. The molecular formula is C14H30N2O2. The van der Waals surface area contributed by atoms with E-state index < -0.39 is 0 Å². The smallest absolute Gasteiger partial charge is 0.0674 e. The number of rotatable bonds is 6. The molecule has 4 heteroatoms. The van der Waals surface area contributed by atoms with Crippen molar-refractivity contribution in [2.45, 2.75) is 64.8 Å². The second-order valence-electron chi connectivity index (χ2n) is 5.95. The van der Waals surface area contributed by atoms with E-state index in [0.29, 0.717) is 12.0 Å². The number of nitrogens with zero attached hydrogens (tertiary/aromatic N) is 1. The second kappa shape index (κ2) is 7.43. The summed E-state index contributed by atoms with van der Waals surface area (Å²) in [6, 6.07) is 0.481. The van der Waals surface area contributed by atoms with E-state index in [2.05, 4.69) is 32.6 Å². The van der Waals surface area contributed by atoms with Crippen molar-refractivity contribution in [3.05, 3.63) is 0 Å². The molecule has 0 saturated carbocycles. The topological polar surface area (TPSA) is 58.7 Å². The lowest BCUT2D eigenvalue weighted by molar-refractivity contribution is -0.0844. The fraction of sp³-hybridized carbons (Fsp3) is 1.00. The van der Waals surface area contributed by atoms with Crippen LogP contribution in [0.15, 0.2) is 0 Å². The highest BCUT2D eigenvalue weighted by atomic mass is 16.5. The summed E-state index contributed by atoms with van der Waals surface area (Å²) in [5, 5.41) is 9.70. The Labute approximate surface area is 111 Å². The molecule has 1 aliphatic rings. The van der Waals surface area contributed by atoms with Gasteiger partial charge < -0.3 is 15.6 Å². The maximum atomic E-state index is 9.70. The number of nitrogens with two attached hydrogens (primary N) is 1. The summed E-state index contributed by atoms with van der Waals surface area (Å²) in [5.74, 6) is 0.563. The van der Waals surface area contributed by atoms with Gasteiger partial charge in [-0.3, -0.25) is 4.90 Å². The molecule has 4 unspecified atom stereocenters. The number of aliphatic hydroxyl groups is 1. The van der Waals surface area contributed by atoms with E-state index in [9.17, 15) is 5.11 Å². The van der Waals surface area contributed by atoms with Gasteiger partial charge in [0.25, 0.3) is 0 Å². The van der Waals surface area contributed by atoms with Crippen molar-refractivity contribution in [1.29, 1.82) is 0 Å². The van der Waals surface area contributed by atoms with E-state index in [4.69, 9.17) is 10.5 Å². The van der Waals surface area contributed by atoms with Crippen LogP contribution in [0, 0.1) is 5.92 Å². The summed E-state index contributed by atoms with van der Waals surface area (Å²) in [5.41, 5.74) is 6.28. The number of hydrogen-bond donors (Lipinski definition) is 2. The zero-order valence-electron chi connectivity index (χ0n) is 12.3. The summed E-state index contributed by atoms with van der Waals surface area (Å²) in [6.45, 7) is 10.4. The Morgan fingerprint density at radius 1 is 1.44 bits per heavy atom. The number of hydrogen-bond acceptors (Lipinski definition) is 4. The number of aliphatic hydroxyl groups excluding tert-OH is 1. The summed E-state index contributed by atoms with van der Waals surface area (Å²) < 4.78 is 5.70.